The molecule has 4 aromatic heterocycles. The normalized spacial score (nSPS) is 14.3. The number of para-hydroxylation sites is 2. The molecule has 6 nitrogen and oxygen atoms in total. The summed E-state index contributed by atoms with van der Waals surface area (Å²) >= 11 is 0. The molecule has 0 N–H and O–H groups in total. The number of hydrogen-bond acceptors (Lipinski definition) is 4. The molecule has 1 aliphatic heterocycles. The average molecular weight is 743 g/mol. The Bertz CT molecular complexity index is 3020. The van der Waals surface area contributed by atoms with Gasteiger partial charge in [-0.2, -0.15) is 0 Å². The van der Waals surface area contributed by atoms with Crippen LogP contribution in [0.4, 0.5) is 0 Å². The lowest BCUT2D eigenvalue weighted by atomic mass is 9.76. The lowest BCUT2D eigenvalue weighted by Crippen LogP contribution is -2.30. The van der Waals surface area contributed by atoms with Crippen molar-refractivity contribution in [3.63, 3.8) is 0 Å². The summed E-state index contributed by atoms with van der Waals surface area (Å²) in [7, 11) is -3.74. The lowest BCUT2D eigenvalue weighted by Gasteiger charge is -2.35. The number of aromatic nitrogens is 4. The van der Waals surface area contributed by atoms with Crippen molar-refractivity contribution < 1.29 is 8.42 Å². The van der Waals surface area contributed by atoms with Gasteiger partial charge in [-0.05, 0) is 118 Å². The number of fused-ring (bicyclic) bond motifs is 8. The fourth-order valence-electron chi connectivity index (χ4n) is 8.86. The van der Waals surface area contributed by atoms with E-state index in [1.54, 1.807) is 12.1 Å². The van der Waals surface area contributed by atoms with E-state index in [9.17, 15) is 8.42 Å². The first-order chi connectivity index (χ1) is 27.3. The molecular weight excluding hydrogens is 709 g/mol. The molecule has 11 rings (SSSR count). The van der Waals surface area contributed by atoms with E-state index < -0.39 is 15.3 Å². The minimum Gasteiger partial charge on any atom is -0.308 e. The number of sulfone groups is 1. The highest BCUT2D eigenvalue weighted by Crippen LogP contribution is 2.48. The van der Waals surface area contributed by atoms with Gasteiger partial charge in [-0.15, -0.1) is 0 Å². The SMILES string of the molecule is CC1(C)c2cc(-c3ccc(-n4c5ccccc5c5ncccc54)cc3)ccc2S(=O)(=O)c2ccc(-c3ccc(-n4c5ccccc5c5ncccc54)cc3)cc21. The van der Waals surface area contributed by atoms with Crippen LogP contribution in [0, 0.1) is 0 Å². The van der Waals surface area contributed by atoms with Crippen LogP contribution in [0.15, 0.2) is 180 Å². The molecule has 5 heterocycles. The van der Waals surface area contributed by atoms with E-state index in [1.165, 1.54) is 0 Å². The minimum atomic E-state index is -3.74. The molecular formula is C49H34N4O2S. The van der Waals surface area contributed by atoms with Crippen molar-refractivity contribution in [2.24, 2.45) is 0 Å². The Hall–Kier alpha value is -6.83. The highest BCUT2D eigenvalue weighted by molar-refractivity contribution is 7.91. The molecule has 56 heavy (non-hydrogen) atoms. The Morgan fingerprint density at radius 2 is 0.839 bits per heavy atom. The summed E-state index contributed by atoms with van der Waals surface area (Å²) in [6.45, 7) is 4.26. The van der Waals surface area contributed by atoms with Crippen LogP contribution in [0.1, 0.15) is 25.0 Å². The zero-order valence-corrected chi connectivity index (χ0v) is 31.5. The smallest absolute Gasteiger partial charge is 0.207 e. The summed E-state index contributed by atoms with van der Waals surface area (Å²) in [6, 6.07) is 53.3. The highest BCUT2D eigenvalue weighted by atomic mass is 32.2. The number of hydrogen-bond donors (Lipinski definition) is 0. The zero-order valence-electron chi connectivity index (χ0n) is 30.7. The number of benzene rings is 6. The van der Waals surface area contributed by atoms with Gasteiger partial charge in [0.25, 0.3) is 0 Å². The quantitative estimate of drug-likeness (QED) is 0.180. The number of pyridine rings is 2. The molecule has 0 fully saturated rings. The molecule has 0 bridgehead atoms. The molecule has 0 aliphatic carbocycles. The van der Waals surface area contributed by atoms with Gasteiger partial charge < -0.3 is 9.13 Å². The maximum absolute atomic E-state index is 14.2. The predicted molar refractivity (Wildman–Crippen MR) is 226 cm³/mol. The van der Waals surface area contributed by atoms with Gasteiger partial charge in [-0.3, -0.25) is 9.97 Å². The highest BCUT2D eigenvalue weighted by Gasteiger charge is 2.41. The second-order valence-electron chi connectivity index (χ2n) is 15.1. The van der Waals surface area contributed by atoms with Crippen LogP contribution in [-0.2, 0) is 15.3 Å². The lowest BCUT2D eigenvalue weighted by molar-refractivity contribution is 0.556. The third-order valence-corrected chi connectivity index (χ3v) is 13.5. The summed E-state index contributed by atoms with van der Waals surface area (Å²) in [6.07, 6.45) is 3.67. The molecule has 0 spiro atoms. The molecule has 10 aromatic rings. The average Bonchev–Trinajstić information content (AvgIpc) is 3.76. The molecule has 0 unspecified atom stereocenters. The first-order valence-electron chi connectivity index (χ1n) is 18.7. The second kappa shape index (κ2) is 11.8. The summed E-state index contributed by atoms with van der Waals surface area (Å²) < 4.78 is 33.0. The third-order valence-electron chi connectivity index (χ3n) is 11.7. The largest absolute Gasteiger partial charge is 0.308 e. The predicted octanol–water partition coefficient (Wildman–Crippen LogP) is 11.5. The van der Waals surface area contributed by atoms with Crippen LogP contribution < -0.4 is 0 Å². The molecule has 1 aliphatic rings. The van der Waals surface area contributed by atoms with E-state index in [2.05, 4.69) is 142 Å². The summed E-state index contributed by atoms with van der Waals surface area (Å²) in [5.41, 5.74) is 13.3. The Balaban J connectivity index is 0.958. The topological polar surface area (TPSA) is 69.8 Å². The van der Waals surface area contributed by atoms with Crippen molar-refractivity contribution in [1.29, 1.82) is 0 Å². The van der Waals surface area contributed by atoms with Crippen LogP contribution in [-0.4, -0.2) is 27.5 Å². The van der Waals surface area contributed by atoms with Crippen molar-refractivity contribution in [3.8, 4) is 33.6 Å². The molecule has 0 saturated carbocycles. The fourth-order valence-corrected chi connectivity index (χ4v) is 10.8. The molecule has 0 amide bonds. The molecule has 6 aromatic carbocycles. The van der Waals surface area contributed by atoms with Crippen molar-refractivity contribution in [2.75, 3.05) is 0 Å². The van der Waals surface area contributed by atoms with Gasteiger partial charge in [0.1, 0.15) is 0 Å². The van der Waals surface area contributed by atoms with Gasteiger partial charge in [0, 0.05) is 40.0 Å². The van der Waals surface area contributed by atoms with Crippen LogP contribution in [0.3, 0.4) is 0 Å². The van der Waals surface area contributed by atoms with Crippen LogP contribution >= 0.6 is 0 Å². The van der Waals surface area contributed by atoms with Gasteiger partial charge in [0.15, 0.2) is 0 Å². The monoisotopic (exact) mass is 742 g/mol. The van der Waals surface area contributed by atoms with E-state index in [0.717, 1.165) is 88.6 Å². The zero-order chi connectivity index (χ0) is 37.8. The van der Waals surface area contributed by atoms with Crippen molar-refractivity contribution >= 4 is 53.7 Å². The summed E-state index contributed by atoms with van der Waals surface area (Å²) in [5, 5.41) is 2.23. The van der Waals surface area contributed by atoms with Crippen LogP contribution in [0.2, 0.25) is 0 Å². The Labute approximate surface area is 323 Å². The van der Waals surface area contributed by atoms with Crippen molar-refractivity contribution in [2.45, 2.75) is 29.1 Å². The maximum atomic E-state index is 14.2. The molecule has 0 atom stereocenters. The Kier molecular flexibility index (Phi) is 6.89. The summed E-state index contributed by atoms with van der Waals surface area (Å²) in [4.78, 5) is 10.1. The molecule has 7 heteroatoms. The van der Waals surface area contributed by atoms with E-state index in [4.69, 9.17) is 0 Å². The molecule has 0 radical (unpaired) electrons. The van der Waals surface area contributed by atoms with E-state index in [-0.39, 0.29) is 0 Å². The standard InChI is InChI=1S/C49H34N4O2S/c1-49(2)39-29-33(31-15-21-35(22-16-31)52-41-11-5-3-9-37(41)47-43(52)13-7-27-50-47)19-25-45(39)56(54,55)46-26-20-34(30-40(46)49)32-17-23-36(24-18-32)53-42-12-6-4-10-38(42)48-44(53)14-8-28-51-48/h3-30H,1-2H3. The summed E-state index contributed by atoms with van der Waals surface area (Å²) in [5.74, 6) is 0. The maximum Gasteiger partial charge on any atom is 0.207 e. The van der Waals surface area contributed by atoms with E-state index in [0.29, 0.717) is 9.79 Å². The minimum absolute atomic E-state index is 0.367. The number of rotatable bonds is 4. The first kappa shape index (κ1) is 32.6. The third kappa shape index (κ3) is 4.64. The second-order valence-corrected chi connectivity index (χ2v) is 17.0. The van der Waals surface area contributed by atoms with Crippen LogP contribution in [0.5, 0.6) is 0 Å². The van der Waals surface area contributed by atoms with Gasteiger partial charge in [-0.1, -0.05) is 86.6 Å². The van der Waals surface area contributed by atoms with Gasteiger partial charge in [0.2, 0.25) is 9.84 Å². The molecule has 0 saturated heterocycles. The fraction of sp³-hybridized carbons (Fsp3) is 0.0612. The van der Waals surface area contributed by atoms with Gasteiger partial charge in [0.05, 0.1) is 42.9 Å². The van der Waals surface area contributed by atoms with Crippen LogP contribution in [0.25, 0.3) is 77.5 Å². The molecule has 268 valence electrons. The Morgan fingerprint density at radius 1 is 0.446 bits per heavy atom. The van der Waals surface area contributed by atoms with Gasteiger partial charge in [-0.25, -0.2) is 8.42 Å². The number of nitrogens with zero attached hydrogens (tertiary/aromatic N) is 4. The first-order valence-corrected chi connectivity index (χ1v) is 20.2. The van der Waals surface area contributed by atoms with E-state index in [1.807, 2.05) is 48.8 Å². The van der Waals surface area contributed by atoms with E-state index >= 15 is 0 Å². The Morgan fingerprint density at radius 3 is 1.29 bits per heavy atom. The van der Waals surface area contributed by atoms with Gasteiger partial charge >= 0.3 is 0 Å². The van der Waals surface area contributed by atoms with Crippen molar-refractivity contribution in [3.05, 3.63) is 181 Å². The van der Waals surface area contributed by atoms with Crippen molar-refractivity contribution in [1.82, 2.24) is 19.1 Å².